The third-order valence-corrected chi connectivity index (χ3v) is 5.54. The Kier molecular flexibility index (Phi) is 3.14. The fourth-order valence-electron chi connectivity index (χ4n) is 1.97. The zero-order valence-corrected chi connectivity index (χ0v) is 11.7. The fourth-order valence-corrected chi connectivity index (χ4v) is 4.61. The molecule has 0 saturated heterocycles. The van der Waals surface area contributed by atoms with Crippen molar-refractivity contribution in [2.24, 2.45) is 0 Å². The van der Waals surface area contributed by atoms with Crippen LogP contribution in [0, 0.1) is 0 Å². The number of hydrogen-bond donors (Lipinski definition) is 0. The van der Waals surface area contributed by atoms with Crippen molar-refractivity contribution in [3.05, 3.63) is 70.8 Å². The van der Waals surface area contributed by atoms with E-state index in [1.807, 2.05) is 0 Å². The molecule has 1 heteroatoms. The first-order chi connectivity index (χ1) is 8.45. The van der Waals surface area contributed by atoms with Crippen molar-refractivity contribution in [1.82, 2.24) is 0 Å². The van der Waals surface area contributed by atoms with E-state index in [1.165, 1.54) is 16.7 Å². The van der Waals surface area contributed by atoms with Gasteiger partial charge < -0.3 is 0 Å². The van der Waals surface area contributed by atoms with Gasteiger partial charge in [-0.15, -0.1) is 0 Å². The van der Waals surface area contributed by atoms with Crippen molar-refractivity contribution in [3.8, 4) is 20.3 Å². The van der Waals surface area contributed by atoms with Crippen molar-refractivity contribution in [2.75, 3.05) is 0 Å². The zero-order valence-electron chi connectivity index (χ0n) is 9.34. The normalized spacial score (nSPS) is 10.4. The Labute approximate surface area is 111 Å². The minimum atomic E-state index is -0.152. The molecule has 0 N–H and O–H groups in total. The van der Waals surface area contributed by atoms with Gasteiger partial charge in [0.25, 0.3) is 0 Å². The summed E-state index contributed by atoms with van der Waals surface area (Å²) in [5.74, 6) is 0. The molecule has 1 aromatic heterocycles. The average molecular weight is 332 g/mol. The third-order valence-electron chi connectivity index (χ3n) is 2.79. The van der Waals surface area contributed by atoms with Crippen LogP contribution in [-0.2, 0) is 0 Å². The molecule has 0 fully saturated rings. The molecular formula is C16H12Te. The van der Waals surface area contributed by atoms with Gasteiger partial charge in [-0.2, -0.15) is 0 Å². The summed E-state index contributed by atoms with van der Waals surface area (Å²) in [5, 5.41) is 0. The van der Waals surface area contributed by atoms with Crippen LogP contribution >= 0.6 is 0 Å². The van der Waals surface area contributed by atoms with Gasteiger partial charge in [-0.3, -0.25) is 0 Å². The zero-order chi connectivity index (χ0) is 11.5. The Hall–Kier alpha value is -1.29. The first-order valence-electron chi connectivity index (χ1n) is 5.63. The van der Waals surface area contributed by atoms with Crippen LogP contribution < -0.4 is 0 Å². The average Bonchev–Trinajstić information content (AvgIpc) is 2.90. The standard InChI is InChI=1S/C16H12Te/c1-3-7-13(8-4-1)15-11-12-17-16(15)14-9-5-2-6-10-14/h1-12H. The van der Waals surface area contributed by atoms with Gasteiger partial charge in [0, 0.05) is 0 Å². The Morgan fingerprint density at radius 1 is 0.588 bits per heavy atom. The topological polar surface area (TPSA) is 0 Å². The molecule has 0 amide bonds. The first kappa shape index (κ1) is 10.8. The van der Waals surface area contributed by atoms with Crippen molar-refractivity contribution >= 4 is 20.4 Å². The number of rotatable bonds is 2. The minimum absolute atomic E-state index is 0.152. The summed E-state index contributed by atoms with van der Waals surface area (Å²) < 4.78 is 3.93. The van der Waals surface area contributed by atoms with Crippen LogP contribution in [0.15, 0.2) is 70.8 Å². The quantitative estimate of drug-likeness (QED) is 0.621. The molecule has 0 aliphatic heterocycles. The Balaban J connectivity index is 2.13. The van der Waals surface area contributed by atoms with Crippen LogP contribution in [0.5, 0.6) is 0 Å². The van der Waals surface area contributed by atoms with E-state index in [-0.39, 0.29) is 20.4 Å². The van der Waals surface area contributed by atoms with E-state index in [0.717, 1.165) is 0 Å². The molecule has 17 heavy (non-hydrogen) atoms. The van der Waals surface area contributed by atoms with E-state index < -0.39 is 0 Å². The van der Waals surface area contributed by atoms with Gasteiger partial charge in [0.2, 0.25) is 0 Å². The molecule has 0 saturated carbocycles. The predicted octanol–water partition coefficient (Wildman–Crippen LogP) is 4.08. The molecule has 1 heterocycles. The van der Waals surface area contributed by atoms with Crippen molar-refractivity contribution in [2.45, 2.75) is 0 Å². The summed E-state index contributed by atoms with van der Waals surface area (Å²) in [6.07, 6.45) is 0. The van der Waals surface area contributed by atoms with Crippen LogP contribution in [0.2, 0.25) is 0 Å². The van der Waals surface area contributed by atoms with Crippen molar-refractivity contribution in [1.29, 1.82) is 0 Å². The van der Waals surface area contributed by atoms with E-state index in [0.29, 0.717) is 0 Å². The molecular weight excluding hydrogens is 320 g/mol. The van der Waals surface area contributed by atoms with Gasteiger partial charge in [0.05, 0.1) is 0 Å². The van der Waals surface area contributed by atoms with Gasteiger partial charge in [0.15, 0.2) is 0 Å². The summed E-state index contributed by atoms with van der Waals surface area (Å²) in [4.78, 5) is 0. The van der Waals surface area contributed by atoms with E-state index in [9.17, 15) is 0 Å². The first-order valence-corrected chi connectivity index (χ1v) is 8.14. The molecule has 0 aliphatic carbocycles. The van der Waals surface area contributed by atoms with Gasteiger partial charge in [-0.25, -0.2) is 0 Å². The summed E-state index contributed by atoms with van der Waals surface area (Å²) in [6, 6.07) is 23.7. The Morgan fingerprint density at radius 2 is 1.18 bits per heavy atom. The molecule has 82 valence electrons. The summed E-state index contributed by atoms with van der Waals surface area (Å²) >= 11 is -0.152. The maximum atomic E-state index is 2.37. The summed E-state index contributed by atoms with van der Waals surface area (Å²) in [7, 11) is 0. The van der Waals surface area contributed by atoms with Crippen LogP contribution in [0.4, 0.5) is 0 Å². The van der Waals surface area contributed by atoms with Crippen LogP contribution in [0.25, 0.3) is 20.3 Å². The maximum absolute atomic E-state index is 2.37. The predicted molar refractivity (Wildman–Crippen MR) is 74.3 cm³/mol. The third kappa shape index (κ3) is 2.22. The second-order valence-corrected chi connectivity index (χ2v) is 6.51. The van der Waals surface area contributed by atoms with E-state index in [1.54, 1.807) is 3.58 Å². The molecule has 0 spiro atoms. The monoisotopic (exact) mass is 334 g/mol. The van der Waals surface area contributed by atoms with Crippen LogP contribution in [-0.4, -0.2) is 20.4 Å². The number of benzene rings is 2. The molecule has 2 aromatic carbocycles. The SMILES string of the molecule is c1ccc(-c2cc[te]c2-c2ccccc2)cc1. The van der Waals surface area contributed by atoms with Crippen molar-refractivity contribution in [3.63, 3.8) is 0 Å². The summed E-state index contributed by atoms with van der Waals surface area (Å²) in [6.45, 7) is 0. The molecule has 0 aliphatic rings. The van der Waals surface area contributed by atoms with Gasteiger partial charge in [-0.1, -0.05) is 0 Å². The molecule has 0 radical (unpaired) electrons. The Bertz CT molecular complexity index is 540. The van der Waals surface area contributed by atoms with Gasteiger partial charge in [-0.05, 0) is 0 Å². The number of hydrogen-bond acceptors (Lipinski definition) is 0. The molecule has 0 nitrogen and oxygen atoms in total. The van der Waals surface area contributed by atoms with Crippen LogP contribution in [0.1, 0.15) is 0 Å². The fraction of sp³-hybridized carbons (Fsp3) is 0. The summed E-state index contributed by atoms with van der Waals surface area (Å²) in [5.41, 5.74) is 4.14. The Morgan fingerprint density at radius 3 is 1.82 bits per heavy atom. The molecule has 0 atom stereocenters. The van der Waals surface area contributed by atoms with Gasteiger partial charge >= 0.3 is 112 Å². The van der Waals surface area contributed by atoms with Crippen LogP contribution in [0.3, 0.4) is 0 Å². The second kappa shape index (κ2) is 4.92. The van der Waals surface area contributed by atoms with E-state index >= 15 is 0 Å². The molecule has 0 bridgehead atoms. The molecule has 0 unspecified atom stereocenters. The second-order valence-electron chi connectivity index (χ2n) is 3.90. The van der Waals surface area contributed by atoms with E-state index in [4.69, 9.17) is 0 Å². The molecule has 3 aromatic rings. The van der Waals surface area contributed by atoms with Gasteiger partial charge in [0.1, 0.15) is 0 Å². The van der Waals surface area contributed by atoms with Crippen molar-refractivity contribution < 1.29 is 0 Å². The van der Waals surface area contributed by atoms with E-state index in [2.05, 4.69) is 70.8 Å². The molecule has 3 rings (SSSR count).